The standard InChI is InChI=1S/C14H20N2O4S/c1-10(2)8-14(17)16-7-6-11-4-5-12(20-3)13(9-11)21(15,18)19/h4-5,8-9H,6-7H2,1-3H3,(H,16,17)(H2,15,18,19). The molecule has 1 amide bonds. The van der Waals surface area contributed by atoms with E-state index in [1.165, 1.54) is 19.3 Å². The summed E-state index contributed by atoms with van der Waals surface area (Å²) in [5, 5.41) is 7.87. The smallest absolute Gasteiger partial charge is 0.243 e. The lowest BCUT2D eigenvalue weighted by Gasteiger charge is -2.09. The van der Waals surface area contributed by atoms with Gasteiger partial charge in [-0.25, -0.2) is 13.6 Å². The molecule has 0 saturated carbocycles. The van der Waals surface area contributed by atoms with Gasteiger partial charge in [-0.15, -0.1) is 0 Å². The number of primary sulfonamides is 1. The highest BCUT2D eigenvalue weighted by Gasteiger charge is 2.15. The summed E-state index contributed by atoms with van der Waals surface area (Å²) < 4.78 is 28.0. The Labute approximate surface area is 125 Å². The summed E-state index contributed by atoms with van der Waals surface area (Å²) >= 11 is 0. The van der Waals surface area contributed by atoms with E-state index in [4.69, 9.17) is 9.88 Å². The zero-order valence-electron chi connectivity index (χ0n) is 12.3. The Morgan fingerprint density at radius 2 is 2.05 bits per heavy atom. The average Bonchev–Trinajstić information content (AvgIpc) is 2.36. The summed E-state index contributed by atoms with van der Waals surface area (Å²) in [6, 6.07) is 4.74. The van der Waals surface area contributed by atoms with Crippen molar-refractivity contribution in [3.8, 4) is 5.75 Å². The number of carbonyl (C=O) groups excluding carboxylic acids is 1. The predicted molar refractivity (Wildman–Crippen MR) is 80.5 cm³/mol. The number of hydrogen-bond donors (Lipinski definition) is 2. The van der Waals surface area contributed by atoms with E-state index in [0.717, 1.165) is 11.1 Å². The highest BCUT2D eigenvalue weighted by Crippen LogP contribution is 2.23. The molecule has 0 saturated heterocycles. The Balaban J connectivity index is 2.78. The molecular formula is C14H20N2O4S. The van der Waals surface area contributed by atoms with E-state index in [2.05, 4.69) is 5.32 Å². The highest BCUT2D eigenvalue weighted by molar-refractivity contribution is 7.89. The van der Waals surface area contributed by atoms with Gasteiger partial charge in [0.2, 0.25) is 15.9 Å². The third kappa shape index (κ3) is 5.57. The number of allylic oxidation sites excluding steroid dienone is 1. The molecule has 0 fully saturated rings. The number of benzene rings is 1. The molecular weight excluding hydrogens is 292 g/mol. The Morgan fingerprint density at radius 1 is 1.38 bits per heavy atom. The summed E-state index contributed by atoms with van der Waals surface area (Å²) in [5.74, 6) is 0.0324. The van der Waals surface area contributed by atoms with Gasteiger partial charge in [-0.2, -0.15) is 0 Å². The minimum Gasteiger partial charge on any atom is -0.495 e. The van der Waals surface area contributed by atoms with Gasteiger partial charge >= 0.3 is 0 Å². The second-order valence-corrected chi connectivity index (χ2v) is 6.32. The van der Waals surface area contributed by atoms with Gasteiger partial charge in [-0.1, -0.05) is 11.6 Å². The summed E-state index contributed by atoms with van der Waals surface area (Å²) in [4.78, 5) is 11.4. The van der Waals surface area contributed by atoms with Crippen LogP contribution in [0.4, 0.5) is 0 Å². The van der Waals surface area contributed by atoms with Crippen molar-refractivity contribution < 1.29 is 17.9 Å². The summed E-state index contributed by atoms with van der Waals surface area (Å²) in [6.07, 6.45) is 2.00. The molecule has 21 heavy (non-hydrogen) atoms. The van der Waals surface area contributed by atoms with Crippen LogP contribution in [0.3, 0.4) is 0 Å². The maximum Gasteiger partial charge on any atom is 0.243 e. The maximum atomic E-state index is 11.5. The van der Waals surface area contributed by atoms with Crippen LogP contribution in [0, 0.1) is 0 Å². The fourth-order valence-corrected chi connectivity index (χ4v) is 2.49. The van der Waals surface area contributed by atoms with Gasteiger partial charge in [0.1, 0.15) is 10.6 Å². The van der Waals surface area contributed by atoms with Crippen molar-refractivity contribution in [2.24, 2.45) is 5.14 Å². The van der Waals surface area contributed by atoms with E-state index in [1.807, 2.05) is 13.8 Å². The van der Waals surface area contributed by atoms with Crippen molar-refractivity contribution in [1.29, 1.82) is 0 Å². The van der Waals surface area contributed by atoms with E-state index in [0.29, 0.717) is 13.0 Å². The first-order valence-corrected chi connectivity index (χ1v) is 7.91. The predicted octanol–water partition coefficient (Wildman–Crippen LogP) is 0.968. The molecule has 116 valence electrons. The number of methoxy groups -OCH3 is 1. The molecule has 1 aromatic carbocycles. The average molecular weight is 312 g/mol. The molecule has 0 aliphatic carbocycles. The number of rotatable bonds is 6. The second kappa shape index (κ2) is 7.24. The highest BCUT2D eigenvalue weighted by atomic mass is 32.2. The zero-order chi connectivity index (χ0) is 16.0. The second-order valence-electron chi connectivity index (χ2n) is 4.79. The fourth-order valence-electron chi connectivity index (χ4n) is 1.74. The molecule has 0 aromatic heterocycles. The maximum absolute atomic E-state index is 11.5. The lowest BCUT2D eigenvalue weighted by molar-refractivity contribution is -0.116. The number of ether oxygens (including phenoxy) is 1. The van der Waals surface area contributed by atoms with Crippen molar-refractivity contribution in [3.63, 3.8) is 0 Å². The van der Waals surface area contributed by atoms with Gasteiger partial charge in [0.25, 0.3) is 0 Å². The van der Waals surface area contributed by atoms with Gasteiger partial charge in [0, 0.05) is 12.6 Å². The van der Waals surface area contributed by atoms with E-state index in [1.54, 1.807) is 12.1 Å². The van der Waals surface area contributed by atoms with Crippen molar-refractivity contribution in [2.75, 3.05) is 13.7 Å². The molecule has 1 aromatic rings. The number of amides is 1. The Bertz CT molecular complexity index is 647. The molecule has 1 rings (SSSR count). The van der Waals surface area contributed by atoms with E-state index >= 15 is 0 Å². The van der Waals surface area contributed by atoms with Gasteiger partial charge in [0.05, 0.1) is 7.11 Å². The van der Waals surface area contributed by atoms with Crippen LogP contribution in [-0.4, -0.2) is 28.0 Å². The molecule has 0 aliphatic heterocycles. The molecule has 0 unspecified atom stereocenters. The topological polar surface area (TPSA) is 98.5 Å². The minimum absolute atomic E-state index is 0.0573. The molecule has 0 heterocycles. The van der Waals surface area contributed by atoms with Gasteiger partial charge < -0.3 is 10.1 Å². The Hall–Kier alpha value is -1.86. The Kier molecular flexibility index (Phi) is 5.92. The molecule has 6 nitrogen and oxygen atoms in total. The molecule has 3 N–H and O–H groups in total. The summed E-state index contributed by atoms with van der Waals surface area (Å²) in [6.45, 7) is 4.07. The monoisotopic (exact) mass is 312 g/mol. The van der Waals surface area contributed by atoms with Crippen molar-refractivity contribution >= 4 is 15.9 Å². The molecule has 0 bridgehead atoms. The van der Waals surface area contributed by atoms with Crippen LogP contribution in [0.1, 0.15) is 19.4 Å². The molecule has 0 radical (unpaired) electrons. The first-order valence-electron chi connectivity index (χ1n) is 6.36. The van der Waals surface area contributed by atoms with Crippen LogP contribution < -0.4 is 15.2 Å². The van der Waals surface area contributed by atoms with Crippen LogP contribution in [-0.2, 0) is 21.2 Å². The van der Waals surface area contributed by atoms with Gasteiger partial charge in [-0.3, -0.25) is 4.79 Å². The molecule has 7 heteroatoms. The molecule has 0 aliphatic rings. The number of carbonyl (C=O) groups is 1. The van der Waals surface area contributed by atoms with Crippen LogP contribution in [0.2, 0.25) is 0 Å². The lowest BCUT2D eigenvalue weighted by Crippen LogP contribution is -2.24. The molecule has 0 spiro atoms. The van der Waals surface area contributed by atoms with Gasteiger partial charge in [-0.05, 0) is 38.0 Å². The fraction of sp³-hybridized carbons (Fsp3) is 0.357. The summed E-state index contributed by atoms with van der Waals surface area (Å²) in [5.41, 5.74) is 1.66. The normalized spacial score (nSPS) is 10.9. The zero-order valence-corrected chi connectivity index (χ0v) is 13.2. The van der Waals surface area contributed by atoms with Crippen molar-refractivity contribution in [3.05, 3.63) is 35.4 Å². The van der Waals surface area contributed by atoms with Crippen LogP contribution in [0.5, 0.6) is 5.75 Å². The van der Waals surface area contributed by atoms with Crippen molar-refractivity contribution in [2.45, 2.75) is 25.2 Å². The summed E-state index contributed by atoms with van der Waals surface area (Å²) in [7, 11) is -2.47. The van der Waals surface area contributed by atoms with E-state index in [9.17, 15) is 13.2 Å². The van der Waals surface area contributed by atoms with Crippen molar-refractivity contribution in [1.82, 2.24) is 5.32 Å². The third-order valence-corrected chi connectivity index (χ3v) is 3.60. The number of nitrogens with two attached hydrogens (primary N) is 1. The minimum atomic E-state index is -3.85. The van der Waals surface area contributed by atoms with Crippen LogP contribution >= 0.6 is 0 Å². The Morgan fingerprint density at radius 3 is 2.57 bits per heavy atom. The first-order chi connectivity index (χ1) is 9.74. The van der Waals surface area contributed by atoms with E-state index in [-0.39, 0.29) is 16.6 Å². The first kappa shape index (κ1) is 17.2. The molecule has 0 atom stereocenters. The van der Waals surface area contributed by atoms with Crippen LogP contribution in [0.25, 0.3) is 0 Å². The SMILES string of the molecule is COc1ccc(CCNC(=O)C=C(C)C)cc1S(N)(=O)=O. The van der Waals surface area contributed by atoms with Crippen LogP contribution in [0.15, 0.2) is 34.7 Å². The lowest BCUT2D eigenvalue weighted by atomic mass is 10.1. The number of sulfonamides is 1. The number of nitrogens with one attached hydrogen (secondary N) is 1. The largest absolute Gasteiger partial charge is 0.495 e. The van der Waals surface area contributed by atoms with E-state index < -0.39 is 10.0 Å². The quantitative estimate of drug-likeness (QED) is 0.765. The van der Waals surface area contributed by atoms with Gasteiger partial charge in [0.15, 0.2) is 0 Å². The third-order valence-electron chi connectivity index (χ3n) is 2.67. The number of hydrogen-bond acceptors (Lipinski definition) is 4.